The number of rotatable bonds is 2. The number of hydrogen-bond donors (Lipinski definition) is 1. The summed E-state index contributed by atoms with van der Waals surface area (Å²) in [6, 6.07) is 8.06. The lowest BCUT2D eigenvalue weighted by Crippen LogP contribution is -1.99. The fourth-order valence-electron chi connectivity index (χ4n) is 1.55. The Balaban J connectivity index is 2.48. The molecule has 0 aliphatic rings. The molecule has 0 bridgehead atoms. The molecule has 1 N–H and O–H groups in total. The molecule has 0 aliphatic heterocycles. The Morgan fingerprint density at radius 2 is 2.07 bits per heavy atom. The minimum absolute atomic E-state index is 0.0160. The molecule has 0 fully saturated rings. The molecule has 1 heterocycles. The molecular formula is C12H14N2O. The first-order valence-corrected chi connectivity index (χ1v) is 4.94. The molecule has 0 amide bonds. The SMILES string of the molecule is Cc1ccc(C)c(-n2ccc(CO)n2)c1. The average molecular weight is 202 g/mol. The van der Waals surface area contributed by atoms with Gasteiger partial charge in [-0.1, -0.05) is 12.1 Å². The number of benzene rings is 1. The molecule has 78 valence electrons. The van der Waals surface area contributed by atoms with Crippen molar-refractivity contribution in [2.45, 2.75) is 20.5 Å². The van der Waals surface area contributed by atoms with Crippen LogP contribution in [-0.2, 0) is 6.61 Å². The molecule has 3 heteroatoms. The zero-order valence-corrected chi connectivity index (χ0v) is 8.94. The molecular weight excluding hydrogens is 188 g/mol. The van der Waals surface area contributed by atoms with Crippen LogP contribution in [0, 0.1) is 13.8 Å². The van der Waals surface area contributed by atoms with E-state index >= 15 is 0 Å². The Kier molecular flexibility index (Phi) is 2.56. The van der Waals surface area contributed by atoms with Gasteiger partial charge in [0.25, 0.3) is 0 Å². The van der Waals surface area contributed by atoms with Crippen molar-refractivity contribution in [2.75, 3.05) is 0 Å². The molecule has 2 aromatic rings. The highest BCUT2D eigenvalue weighted by atomic mass is 16.3. The van der Waals surface area contributed by atoms with Crippen molar-refractivity contribution in [2.24, 2.45) is 0 Å². The predicted octanol–water partition coefficient (Wildman–Crippen LogP) is 1.98. The largest absolute Gasteiger partial charge is 0.390 e. The summed E-state index contributed by atoms with van der Waals surface area (Å²) >= 11 is 0. The first-order chi connectivity index (χ1) is 7.20. The summed E-state index contributed by atoms with van der Waals surface area (Å²) in [7, 11) is 0. The molecule has 3 nitrogen and oxygen atoms in total. The molecule has 1 aromatic carbocycles. The van der Waals surface area contributed by atoms with Crippen LogP contribution in [0.4, 0.5) is 0 Å². The monoisotopic (exact) mass is 202 g/mol. The molecule has 2 rings (SSSR count). The third-order valence-corrected chi connectivity index (χ3v) is 2.42. The summed E-state index contributed by atoms with van der Waals surface area (Å²) in [5, 5.41) is 13.2. The molecule has 0 saturated carbocycles. The summed E-state index contributed by atoms with van der Waals surface area (Å²) < 4.78 is 1.80. The number of nitrogens with zero attached hydrogens (tertiary/aromatic N) is 2. The number of aromatic nitrogens is 2. The first kappa shape index (κ1) is 9.93. The van der Waals surface area contributed by atoms with Crippen LogP contribution < -0.4 is 0 Å². The Morgan fingerprint density at radius 1 is 1.27 bits per heavy atom. The summed E-state index contributed by atoms with van der Waals surface area (Å²) in [4.78, 5) is 0. The zero-order chi connectivity index (χ0) is 10.8. The van der Waals surface area contributed by atoms with Crippen LogP contribution in [0.15, 0.2) is 30.5 Å². The van der Waals surface area contributed by atoms with Gasteiger partial charge >= 0.3 is 0 Å². The third-order valence-electron chi connectivity index (χ3n) is 2.42. The van der Waals surface area contributed by atoms with Crippen molar-refractivity contribution in [1.82, 2.24) is 9.78 Å². The van der Waals surface area contributed by atoms with Crippen molar-refractivity contribution >= 4 is 0 Å². The third kappa shape index (κ3) is 1.92. The standard InChI is InChI=1S/C12H14N2O/c1-9-3-4-10(2)12(7-9)14-6-5-11(8-15)13-14/h3-7,15H,8H2,1-2H3. The van der Waals surface area contributed by atoms with Gasteiger partial charge in [-0.3, -0.25) is 0 Å². The highest BCUT2D eigenvalue weighted by molar-refractivity contribution is 5.42. The van der Waals surface area contributed by atoms with E-state index in [4.69, 9.17) is 5.11 Å². The van der Waals surface area contributed by atoms with Crippen LogP contribution in [-0.4, -0.2) is 14.9 Å². The van der Waals surface area contributed by atoms with Gasteiger partial charge in [0.2, 0.25) is 0 Å². The second-order valence-corrected chi connectivity index (χ2v) is 3.70. The van der Waals surface area contributed by atoms with Crippen LogP contribution >= 0.6 is 0 Å². The maximum absolute atomic E-state index is 8.95. The van der Waals surface area contributed by atoms with Crippen molar-refractivity contribution in [3.63, 3.8) is 0 Å². The second-order valence-electron chi connectivity index (χ2n) is 3.70. The van der Waals surface area contributed by atoms with Gasteiger partial charge in [0.05, 0.1) is 18.0 Å². The van der Waals surface area contributed by atoms with E-state index in [1.165, 1.54) is 11.1 Å². The molecule has 0 spiro atoms. The normalized spacial score (nSPS) is 10.6. The average Bonchev–Trinajstić information content (AvgIpc) is 2.70. The van der Waals surface area contributed by atoms with E-state index in [1.807, 2.05) is 12.3 Å². The van der Waals surface area contributed by atoms with Gasteiger partial charge in [0.1, 0.15) is 0 Å². The summed E-state index contributed by atoms with van der Waals surface area (Å²) in [5.74, 6) is 0. The Hall–Kier alpha value is -1.61. The highest BCUT2D eigenvalue weighted by Crippen LogP contribution is 2.15. The smallest absolute Gasteiger partial charge is 0.0883 e. The highest BCUT2D eigenvalue weighted by Gasteiger charge is 2.03. The lowest BCUT2D eigenvalue weighted by Gasteiger charge is -2.06. The van der Waals surface area contributed by atoms with E-state index in [-0.39, 0.29) is 6.61 Å². The molecule has 0 unspecified atom stereocenters. The van der Waals surface area contributed by atoms with Crippen molar-refractivity contribution in [1.29, 1.82) is 0 Å². The quantitative estimate of drug-likeness (QED) is 0.808. The van der Waals surface area contributed by atoms with Gasteiger partial charge in [-0.25, -0.2) is 4.68 Å². The number of aliphatic hydroxyl groups excluding tert-OH is 1. The van der Waals surface area contributed by atoms with Gasteiger partial charge in [-0.15, -0.1) is 0 Å². The van der Waals surface area contributed by atoms with E-state index in [0.717, 1.165) is 5.69 Å². The molecule has 0 radical (unpaired) electrons. The van der Waals surface area contributed by atoms with Crippen molar-refractivity contribution in [3.8, 4) is 5.69 Å². The fraction of sp³-hybridized carbons (Fsp3) is 0.250. The Bertz CT molecular complexity index is 474. The van der Waals surface area contributed by atoms with Gasteiger partial charge in [-0.2, -0.15) is 5.10 Å². The lowest BCUT2D eigenvalue weighted by atomic mass is 10.1. The zero-order valence-electron chi connectivity index (χ0n) is 8.94. The number of hydrogen-bond acceptors (Lipinski definition) is 2. The predicted molar refractivity (Wildman–Crippen MR) is 59.0 cm³/mol. The second kappa shape index (κ2) is 3.87. The maximum atomic E-state index is 8.95. The van der Waals surface area contributed by atoms with Crippen LogP contribution in [0.25, 0.3) is 5.69 Å². The summed E-state index contributed by atoms with van der Waals surface area (Å²) in [6.07, 6.45) is 1.87. The van der Waals surface area contributed by atoms with Gasteiger partial charge in [0.15, 0.2) is 0 Å². The summed E-state index contributed by atoms with van der Waals surface area (Å²) in [6.45, 7) is 4.09. The Morgan fingerprint density at radius 3 is 2.73 bits per heavy atom. The number of aryl methyl sites for hydroxylation is 2. The van der Waals surface area contributed by atoms with E-state index in [2.05, 4.69) is 37.1 Å². The van der Waals surface area contributed by atoms with E-state index in [0.29, 0.717) is 5.69 Å². The molecule has 1 aromatic heterocycles. The topological polar surface area (TPSA) is 38.0 Å². The lowest BCUT2D eigenvalue weighted by molar-refractivity contribution is 0.276. The minimum Gasteiger partial charge on any atom is -0.390 e. The van der Waals surface area contributed by atoms with Crippen LogP contribution in [0.3, 0.4) is 0 Å². The van der Waals surface area contributed by atoms with E-state index in [1.54, 1.807) is 4.68 Å². The van der Waals surface area contributed by atoms with Gasteiger partial charge in [0, 0.05) is 6.20 Å². The fourth-order valence-corrected chi connectivity index (χ4v) is 1.55. The Labute approximate surface area is 89.0 Å². The molecule has 0 atom stereocenters. The maximum Gasteiger partial charge on any atom is 0.0883 e. The molecule has 0 saturated heterocycles. The minimum atomic E-state index is -0.0160. The molecule has 15 heavy (non-hydrogen) atoms. The van der Waals surface area contributed by atoms with E-state index in [9.17, 15) is 0 Å². The summed E-state index contributed by atoms with van der Waals surface area (Å²) in [5.41, 5.74) is 4.13. The van der Waals surface area contributed by atoms with Gasteiger partial charge in [-0.05, 0) is 37.1 Å². The van der Waals surface area contributed by atoms with Gasteiger partial charge < -0.3 is 5.11 Å². The van der Waals surface area contributed by atoms with Crippen LogP contribution in [0.2, 0.25) is 0 Å². The van der Waals surface area contributed by atoms with Crippen molar-refractivity contribution in [3.05, 3.63) is 47.3 Å². The first-order valence-electron chi connectivity index (χ1n) is 4.94. The molecule has 0 aliphatic carbocycles. The van der Waals surface area contributed by atoms with Crippen molar-refractivity contribution < 1.29 is 5.11 Å². The van der Waals surface area contributed by atoms with E-state index < -0.39 is 0 Å². The van der Waals surface area contributed by atoms with Crippen LogP contribution in [0.5, 0.6) is 0 Å². The van der Waals surface area contributed by atoms with Crippen LogP contribution in [0.1, 0.15) is 16.8 Å². The number of aliphatic hydroxyl groups is 1.